The molecule has 2 rings (SSSR count). The fraction of sp³-hybridized carbons (Fsp3) is 0.100. The number of hydrogen-bond acceptors (Lipinski definition) is 4. The fourth-order valence-corrected chi connectivity index (χ4v) is 2.23. The molecular weight excluding hydrogens is 306 g/mol. The Morgan fingerprint density at radius 2 is 2.41 bits per heavy atom. The van der Waals surface area contributed by atoms with Gasteiger partial charge in [0.1, 0.15) is 5.69 Å². The van der Waals surface area contributed by atoms with Crippen LogP contribution in [0.4, 0.5) is 0 Å². The predicted octanol–water partition coefficient (Wildman–Crippen LogP) is 1.52. The number of rotatable bonds is 3. The molecule has 7 heteroatoms. The standard InChI is InChI=1S/C10H8BrN3O2S/c11-7-2-1-3-12-8(7)9(15)13-4-6-5-17-10(16)14-6/h1-3,5H,4H2,(H,13,15)(H,14,16). The van der Waals surface area contributed by atoms with Crippen molar-refractivity contribution in [3.05, 3.63) is 49.2 Å². The summed E-state index contributed by atoms with van der Waals surface area (Å²) in [6, 6.07) is 3.48. The van der Waals surface area contributed by atoms with Crippen LogP contribution in [0.25, 0.3) is 0 Å². The number of pyridine rings is 1. The van der Waals surface area contributed by atoms with Gasteiger partial charge in [-0.1, -0.05) is 11.3 Å². The average Bonchev–Trinajstić information content (AvgIpc) is 2.73. The Labute approximate surface area is 109 Å². The topological polar surface area (TPSA) is 74.8 Å². The molecule has 0 fully saturated rings. The zero-order valence-corrected chi connectivity index (χ0v) is 11.0. The summed E-state index contributed by atoms with van der Waals surface area (Å²) in [5.74, 6) is -0.287. The van der Waals surface area contributed by atoms with Crippen molar-refractivity contribution in [2.75, 3.05) is 0 Å². The summed E-state index contributed by atoms with van der Waals surface area (Å²) < 4.78 is 0.635. The Kier molecular flexibility index (Phi) is 3.70. The van der Waals surface area contributed by atoms with Gasteiger partial charge in [0, 0.05) is 21.7 Å². The molecule has 0 saturated heterocycles. The third-order valence-electron chi connectivity index (χ3n) is 1.98. The van der Waals surface area contributed by atoms with Gasteiger partial charge in [0.15, 0.2) is 0 Å². The highest BCUT2D eigenvalue weighted by atomic mass is 79.9. The summed E-state index contributed by atoms with van der Waals surface area (Å²) in [5.41, 5.74) is 1.01. The predicted molar refractivity (Wildman–Crippen MR) is 68.0 cm³/mol. The molecular formula is C10H8BrN3O2S. The molecule has 0 bridgehead atoms. The summed E-state index contributed by atoms with van der Waals surface area (Å²) in [5, 5.41) is 4.35. The molecule has 5 nitrogen and oxygen atoms in total. The lowest BCUT2D eigenvalue weighted by atomic mass is 10.3. The van der Waals surface area contributed by atoms with Crippen molar-refractivity contribution < 1.29 is 4.79 Å². The van der Waals surface area contributed by atoms with Gasteiger partial charge in [-0.3, -0.25) is 9.59 Å². The molecule has 0 aliphatic rings. The van der Waals surface area contributed by atoms with E-state index in [4.69, 9.17) is 0 Å². The number of nitrogens with one attached hydrogen (secondary N) is 2. The van der Waals surface area contributed by atoms with Crippen LogP contribution in [-0.4, -0.2) is 15.9 Å². The number of carbonyl (C=O) groups excluding carboxylic acids is 1. The van der Waals surface area contributed by atoms with Crippen molar-refractivity contribution in [2.24, 2.45) is 0 Å². The van der Waals surface area contributed by atoms with Crippen LogP contribution >= 0.6 is 27.3 Å². The van der Waals surface area contributed by atoms with Gasteiger partial charge in [-0.05, 0) is 28.1 Å². The second kappa shape index (κ2) is 5.24. The molecule has 0 aliphatic carbocycles. The molecule has 0 unspecified atom stereocenters. The van der Waals surface area contributed by atoms with Crippen LogP contribution in [0.3, 0.4) is 0 Å². The van der Waals surface area contributed by atoms with Gasteiger partial charge >= 0.3 is 4.87 Å². The van der Waals surface area contributed by atoms with Crippen molar-refractivity contribution in [1.29, 1.82) is 0 Å². The average molecular weight is 314 g/mol. The first-order chi connectivity index (χ1) is 8.16. The van der Waals surface area contributed by atoms with E-state index in [1.165, 1.54) is 0 Å². The summed E-state index contributed by atoms with van der Waals surface area (Å²) in [7, 11) is 0. The molecule has 2 aromatic rings. The number of amides is 1. The third-order valence-corrected chi connectivity index (χ3v) is 3.34. The van der Waals surface area contributed by atoms with Crippen molar-refractivity contribution in [1.82, 2.24) is 15.3 Å². The van der Waals surface area contributed by atoms with Gasteiger partial charge in [-0.25, -0.2) is 4.98 Å². The quantitative estimate of drug-likeness (QED) is 0.902. The summed E-state index contributed by atoms with van der Waals surface area (Å²) >= 11 is 4.32. The molecule has 0 spiro atoms. The van der Waals surface area contributed by atoms with E-state index in [2.05, 4.69) is 31.2 Å². The van der Waals surface area contributed by atoms with Crippen molar-refractivity contribution in [2.45, 2.75) is 6.54 Å². The van der Waals surface area contributed by atoms with Gasteiger partial charge in [0.05, 0.1) is 6.54 Å². The number of halogens is 1. The molecule has 0 atom stereocenters. The second-order valence-electron chi connectivity index (χ2n) is 3.19. The first-order valence-corrected chi connectivity index (χ1v) is 6.39. The lowest BCUT2D eigenvalue weighted by Crippen LogP contribution is -2.24. The van der Waals surface area contributed by atoms with E-state index in [-0.39, 0.29) is 17.3 Å². The monoisotopic (exact) mass is 313 g/mol. The molecule has 0 aliphatic heterocycles. The lowest BCUT2D eigenvalue weighted by Gasteiger charge is -2.04. The molecule has 88 valence electrons. The molecule has 0 radical (unpaired) electrons. The van der Waals surface area contributed by atoms with Crippen molar-refractivity contribution in [3.8, 4) is 0 Å². The minimum Gasteiger partial charge on any atom is -0.345 e. The Bertz CT molecular complexity index is 593. The van der Waals surface area contributed by atoms with Crippen LogP contribution in [0, 0.1) is 0 Å². The summed E-state index contributed by atoms with van der Waals surface area (Å²) in [6.45, 7) is 0.278. The summed E-state index contributed by atoms with van der Waals surface area (Å²) in [6.07, 6.45) is 1.55. The number of thiazole rings is 1. The van der Waals surface area contributed by atoms with Gasteiger partial charge in [-0.15, -0.1) is 0 Å². The Balaban J connectivity index is 2.03. The van der Waals surface area contributed by atoms with Crippen LogP contribution in [-0.2, 0) is 6.54 Å². The van der Waals surface area contributed by atoms with Crippen LogP contribution in [0.2, 0.25) is 0 Å². The zero-order chi connectivity index (χ0) is 12.3. The number of nitrogens with zero attached hydrogens (tertiary/aromatic N) is 1. The van der Waals surface area contributed by atoms with Crippen LogP contribution in [0.5, 0.6) is 0 Å². The number of H-pyrrole nitrogens is 1. The minimum atomic E-state index is -0.287. The molecule has 0 aromatic carbocycles. The normalized spacial score (nSPS) is 10.2. The molecule has 1 amide bonds. The first-order valence-electron chi connectivity index (χ1n) is 4.72. The van der Waals surface area contributed by atoms with E-state index in [0.29, 0.717) is 15.9 Å². The van der Waals surface area contributed by atoms with E-state index >= 15 is 0 Å². The van der Waals surface area contributed by atoms with Crippen molar-refractivity contribution in [3.63, 3.8) is 0 Å². The van der Waals surface area contributed by atoms with Crippen LogP contribution in [0.15, 0.2) is 33.0 Å². The lowest BCUT2D eigenvalue weighted by molar-refractivity contribution is 0.0944. The summed E-state index contributed by atoms with van der Waals surface area (Å²) in [4.78, 5) is 29.1. The Morgan fingerprint density at radius 1 is 1.59 bits per heavy atom. The SMILES string of the molecule is O=C(NCc1csc(=O)[nH]1)c1ncccc1Br. The fourth-order valence-electron chi connectivity index (χ4n) is 1.21. The van der Waals surface area contributed by atoms with E-state index < -0.39 is 0 Å². The highest BCUT2D eigenvalue weighted by molar-refractivity contribution is 9.10. The minimum absolute atomic E-state index is 0.131. The van der Waals surface area contributed by atoms with Crippen LogP contribution in [0.1, 0.15) is 16.2 Å². The molecule has 0 saturated carbocycles. The van der Waals surface area contributed by atoms with Crippen LogP contribution < -0.4 is 10.2 Å². The maximum Gasteiger partial charge on any atom is 0.304 e. The third kappa shape index (κ3) is 3.01. The van der Waals surface area contributed by atoms with E-state index in [9.17, 15) is 9.59 Å². The smallest absolute Gasteiger partial charge is 0.304 e. The van der Waals surface area contributed by atoms with Crippen molar-refractivity contribution >= 4 is 33.2 Å². The zero-order valence-electron chi connectivity index (χ0n) is 8.57. The number of hydrogen-bond donors (Lipinski definition) is 2. The van der Waals surface area contributed by atoms with E-state index in [0.717, 1.165) is 11.3 Å². The largest absolute Gasteiger partial charge is 0.345 e. The van der Waals surface area contributed by atoms with E-state index in [1.54, 1.807) is 23.7 Å². The second-order valence-corrected chi connectivity index (χ2v) is 4.89. The highest BCUT2D eigenvalue weighted by Crippen LogP contribution is 2.12. The first kappa shape index (κ1) is 12.0. The maximum absolute atomic E-state index is 11.8. The van der Waals surface area contributed by atoms with Gasteiger partial charge in [0.25, 0.3) is 5.91 Å². The maximum atomic E-state index is 11.8. The Morgan fingerprint density at radius 3 is 3.06 bits per heavy atom. The van der Waals surface area contributed by atoms with E-state index in [1.807, 2.05) is 0 Å². The number of aromatic amines is 1. The molecule has 2 aromatic heterocycles. The van der Waals surface area contributed by atoms with Gasteiger partial charge < -0.3 is 10.3 Å². The molecule has 2 heterocycles. The molecule has 2 N–H and O–H groups in total. The highest BCUT2D eigenvalue weighted by Gasteiger charge is 2.10. The molecule has 17 heavy (non-hydrogen) atoms. The van der Waals surface area contributed by atoms with Gasteiger partial charge in [-0.2, -0.15) is 0 Å². The number of carbonyl (C=O) groups is 1. The number of aromatic nitrogens is 2. The Hall–Kier alpha value is -1.47. The van der Waals surface area contributed by atoms with Gasteiger partial charge in [0.2, 0.25) is 0 Å².